The van der Waals surface area contributed by atoms with Crippen molar-refractivity contribution in [2.24, 2.45) is 5.92 Å². The van der Waals surface area contributed by atoms with Gasteiger partial charge in [0.25, 0.3) is 0 Å². The Labute approximate surface area is 104 Å². The van der Waals surface area contributed by atoms with Crippen LogP contribution in [0, 0.1) is 5.92 Å². The zero-order chi connectivity index (χ0) is 11.6. The van der Waals surface area contributed by atoms with E-state index in [0.717, 1.165) is 19.0 Å². The van der Waals surface area contributed by atoms with Gasteiger partial charge in [-0.05, 0) is 36.0 Å². The number of nitrogens with one attached hydrogen (secondary N) is 1. The van der Waals surface area contributed by atoms with Gasteiger partial charge in [-0.3, -0.25) is 0 Å². The van der Waals surface area contributed by atoms with Gasteiger partial charge in [-0.25, -0.2) is 0 Å². The third-order valence-corrected chi connectivity index (χ3v) is 3.75. The summed E-state index contributed by atoms with van der Waals surface area (Å²) in [6, 6.07) is 10.6. The topological polar surface area (TPSA) is 12.0 Å². The van der Waals surface area contributed by atoms with E-state index in [-0.39, 0.29) is 0 Å². The predicted octanol–water partition coefficient (Wildman–Crippen LogP) is 3.56. The second-order valence-electron chi connectivity index (χ2n) is 4.48. The van der Waals surface area contributed by atoms with Crippen LogP contribution >= 0.6 is 11.8 Å². The Bertz CT molecular complexity index is 259. The van der Waals surface area contributed by atoms with Crippen molar-refractivity contribution in [3.8, 4) is 0 Å². The van der Waals surface area contributed by atoms with Crippen LogP contribution in [-0.2, 0) is 6.54 Å². The molecule has 0 aliphatic heterocycles. The first kappa shape index (κ1) is 13.6. The third-order valence-electron chi connectivity index (χ3n) is 2.27. The van der Waals surface area contributed by atoms with Gasteiger partial charge in [0.15, 0.2) is 0 Å². The summed E-state index contributed by atoms with van der Waals surface area (Å²) >= 11 is 2.07. The van der Waals surface area contributed by atoms with Gasteiger partial charge in [0.05, 0.1) is 0 Å². The summed E-state index contributed by atoms with van der Waals surface area (Å²) in [6.45, 7) is 6.68. The lowest BCUT2D eigenvalue weighted by Crippen LogP contribution is -2.15. The van der Waals surface area contributed by atoms with Crippen molar-refractivity contribution in [3.05, 3.63) is 35.9 Å². The van der Waals surface area contributed by atoms with Crippen molar-refractivity contribution in [1.29, 1.82) is 0 Å². The minimum atomic E-state index is 0.822. The predicted molar refractivity (Wildman–Crippen MR) is 74.9 cm³/mol. The van der Waals surface area contributed by atoms with Crippen LogP contribution in [0.5, 0.6) is 0 Å². The highest BCUT2D eigenvalue weighted by atomic mass is 32.2. The van der Waals surface area contributed by atoms with Gasteiger partial charge in [-0.1, -0.05) is 44.2 Å². The van der Waals surface area contributed by atoms with Gasteiger partial charge in [0.2, 0.25) is 0 Å². The van der Waals surface area contributed by atoms with Crippen LogP contribution in [0.2, 0.25) is 0 Å². The molecule has 0 heterocycles. The molecule has 0 saturated heterocycles. The van der Waals surface area contributed by atoms with Crippen molar-refractivity contribution in [3.63, 3.8) is 0 Å². The molecule has 1 nitrogen and oxygen atoms in total. The van der Waals surface area contributed by atoms with Crippen LogP contribution in [0.25, 0.3) is 0 Å². The lowest BCUT2D eigenvalue weighted by Gasteiger charge is -2.06. The van der Waals surface area contributed by atoms with Gasteiger partial charge in [0.1, 0.15) is 0 Å². The highest BCUT2D eigenvalue weighted by molar-refractivity contribution is 7.99. The molecule has 1 aromatic carbocycles. The Morgan fingerprint density at radius 3 is 2.62 bits per heavy atom. The fraction of sp³-hybridized carbons (Fsp3) is 0.571. The van der Waals surface area contributed by atoms with Crippen molar-refractivity contribution in [2.75, 3.05) is 18.1 Å². The molecular weight excluding hydrogens is 214 g/mol. The molecule has 0 fully saturated rings. The Morgan fingerprint density at radius 2 is 1.94 bits per heavy atom. The molecular formula is C14H23NS. The first-order chi connectivity index (χ1) is 7.79. The second-order valence-corrected chi connectivity index (χ2v) is 5.63. The van der Waals surface area contributed by atoms with Crippen LogP contribution in [0.15, 0.2) is 30.3 Å². The largest absolute Gasteiger partial charge is 0.313 e. The Balaban J connectivity index is 1.93. The van der Waals surface area contributed by atoms with Gasteiger partial charge in [0, 0.05) is 6.54 Å². The average molecular weight is 237 g/mol. The van der Waals surface area contributed by atoms with Crippen molar-refractivity contribution in [2.45, 2.75) is 26.8 Å². The van der Waals surface area contributed by atoms with E-state index < -0.39 is 0 Å². The quantitative estimate of drug-likeness (QED) is 0.694. The van der Waals surface area contributed by atoms with E-state index in [9.17, 15) is 0 Å². The molecule has 1 aromatic rings. The standard InChI is InChI=1S/C14H23NS/c1-13(2)12-16-10-6-9-15-11-14-7-4-3-5-8-14/h3-5,7-8,13,15H,6,9-12H2,1-2H3. The lowest BCUT2D eigenvalue weighted by atomic mass is 10.2. The summed E-state index contributed by atoms with van der Waals surface area (Å²) < 4.78 is 0. The fourth-order valence-electron chi connectivity index (χ4n) is 1.45. The number of benzene rings is 1. The maximum absolute atomic E-state index is 3.48. The van der Waals surface area contributed by atoms with Crippen LogP contribution < -0.4 is 5.32 Å². The summed E-state index contributed by atoms with van der Waals surface area (Å²) in [4.78, 5) is 0. The first-order valence-electron chi connectivity index (χ1n) is 6.11. The summed E-state index contributed by atoms with van der Waals surface area (Å²) in [5, 5.41) is 3.48. The van der Waals surface area contributed by atoms with E-state index >= 15 is 0 Å². The van der Waals surface area contributed by atoms with Crippen LogP contribution in [0.4, 0.5) is 0 Å². The summed E-state index contributed by atoms with van der Waals surface area (Å²) in [6.07, 6.45) is 1.27. The van der Waals surface area contributed by atoms with Crippen molar-refractivity contribution in [1.82, 2.24) is 5.32 Å². The molecule has 0 aliphatic carbocycles. The number of rotatable bonds is 8. The van der Waals surface area contributed by atoms with E-state index in [0.29, 0.717) is 0 Å². The summed E-state index contributed by atoms with van der Waals surface area (Å²) in [5.41, 5.74) is 1.37. The van der Waals surface area contributed by atoms with Gasteiger partial charge >= 0.3 is 0 Å². The van der Waals surface area contributed by atoms with E-state index in [2.05, 4.69) is 61.3 Å². The van der Waals surface area contributed by atoms with E-state index in [1.54, 1.807) is 0 Å². The average Bonchev–Trinajstić information content (AvgIpc) is 2.29. The van der Waals surface area contributed by atoms with Crippen LogP contribution in [-0.4, -0.2) is 18.1 Å². The maximum atomic E-state index is 3.48. The first-order valence-corrected chi connectivity index (χ1v) is 7.27. The molecule has 0 saturated carbocycles. The normalized spacial score (nSPS) is 10.9. The molecule has 0 bridgehead atoms. The fourth-order valence-corrected chi connectivity index (χ4v) is 2.43. The van der Waals surface area contributed by atoms with Gasteiger partial charge in [-0.15, -0.1) is 0 Å². The maximum Gasteiger partial charge on any atom is 0.0205 e. The smallest absolute Gasteiger partial charge is 0.0205 e. The molecule has 90 valence electrons. The monoisotopic (exact) mass is 237 g/mol. The number of thioether (sulfide) groups is 1. The Morgan fingerprint density at radius 1 is 1.19 bits per heavy atom. The molecule has 1 rings (SSSR count). The van der Waals surface area contributed by atoms with E-state index in [1.807, 2.05) is 0 Å². The molecule has 16 heavy (non-hydrogen) atoms. The zero-order valence-electron chi connectivity index (χ0n) is 10.4. The molecule has 0 aliphatic rings. The minimum Gasteiger partial charge on any atom is -0.313 e. The molecule has 1 N–H and O–H groups in total. The molecule has 0 amide bonds. The van der Waals surface area contributed by atoms with Crippen LogP contribution in [0.3, 0.4) is 0 Å². The SMILES string of the molecule is CC(C)CSCCCNCc1ccccc1. The van der Waals surface area contributed by atoms with Gasteiger partial charge in [-0.2, -0.15) is 11.8 Å². The molecule has 0 atom stereocenters. The van der Waals surface area contributed by atoms with Crippen molar-refractivity contribution >= 4 is 11.8 Å². The second kappa shape index (κ2) is 8.66. The Hall–Kier alpha value is -0.470. The molecule has 0 aromatic heterocycles. The Kier molecular flexibility index (Phi) is 7.35. The molecule has 2 heteroatoms. The van der Waals surface area contributed by atoms with E-state index in [1.165, 1.54) is 23.5 Å². The molecule has 0 unspecified atom stereocenters. The number of hydrogen-bond acceptors (Lipinski definition) is 2. The summed E-state index contributed by atoms with van der Waals surface area (Å²) in [7, 11) is 0. The number of hydrogen-bond donors (Lipinski definition) is 1. The highest BCUT2D eigenvalue weighted by Crippen LogP contribution is 2.08. The summed E-state index contributed by atoms with van der Waals surface area (Å²) in [5.74, 6) is 3.39. The lowest BCUT2D eigenvalue weighted by molar-refractivity contribution is 0.677. The van der Waals surface area contributed by atoms with Crippen LogP contribution in [0.1, 0.15) is 25.8 Å². The minimum absolute atomic E-state index is 0.822. The third kappa shape index (κ3) is 6.91. The zero-order valence-corrected chi connectivity index (χ0v) is 11.2. The van der Waals surface area contributed by atoms with Crippen molar-refractivity contribution < 1.29 is 0 Å². The van der Waals surface area contributed by atoms with E-state index in [4.69, 9.17) is 0 Å². The molecule has 0 radical (unpaired) electrons. The highest BCUT2D eigenvalue weighted by Gasteiger charge is 1.94. The van der Waals surface area contributed by atoms with Gasteiger partial charge < -0.3 is 5.32 Å². The molecule has 0 spiro atoms.